The van der Waals surface area contributed by atoms with Crippen LogP contribution in [-0.4, -0.2) is 0 Å². The van der Waals surface area contributed by atoms with Gasteiger partial charge in [-0.05, 0) is 18.4 Å². The summed E-state index contributed by atoms with van der Waals surface area (Å²) in [5.74, 6) is 0. The summed E-state index contributed by atoms with van der Waals surface area (Å²) >= 11 is 0. The van der Waals surface area contributed by atoms with Crippen LogP contribution in [0.25, 0.3) is 0 Å². The molecule has 0 heterocycles. The third kappa shape index (κ3) is 1.27. The minimum absolute atomic E-state index is 0.00606. The van der Waals surface area contributed by atoms with E-state index < -0.39 is 11.8 Å². The molecule has 14 heavy (non-hydrogen) atoms. The van der Waals surface area contributed by atoms with Crippen LogP contribution in [0.5, 0.6) is 0 Å². The normalized spacial score (nSPS) is 17.9. The van der Waals surface area contributed by atoms with E-state index in [1.807, 2.05) is 0 Å². The number of hydrogen-bond acceptors (Lipinski definition) is 1. The summed E-state index contributed by atoms with van der Waals surface area (Å²) in [6, 6.07) is 8.46. The molecule has 0 bridgehead atoms. The minimum Gasteiger partial charge on any atom is -0.205 e. The van der Waals surface area contributed by atoms with Crippen molar-refractivity contribution in [1.82, 2.24) is 0 Å². The first kappa shape index (κ1) is 9.14. The first-order valence-electron chi connectivity index (χ1n) is 4.48. The lowest BCUT2D eigenvalue weighted by molar-refractivity contribution is 0.150. The van der Waals surface area contributed by atoms with E-state index in [2.05, 4.69) is 6.07 Å². The summed E-state index contributed by atoms with van der Waals surface area (Å²) in [6.45, 7) is 0. The van der Waals surface area contributed by atoms with Gasteiger partial charge in [0, 0.05) is 5.56 Å². The van der Waals surface area contributed by atoms with Gasteiger partial charge >= 0.3 is 0 Å². The maximum Gasteiger partial charge on any atom is 0.264 e. The standard InChI is InChI=1S/C11H9F2N/c12-10(13)8-3-1-2-4-9(8)11(7-14)5-6-11/h1-4,10H,5-6H2. The van der Waals surface area contributed by atoms with Gasteiger partial charge in [-0.15, -0.1) is 0 Å². The van der Waals surface area contributed by atoms with Gasteiger partial charge in [-0.2, -0.15) is 5.26 Å². The molecule has 0 atom stereocenters. The van der Waals surface area contributed by atoms with E-state index in [1.54, 1.807) is 18.2 Å². The van der Waals surface area contributed by atoms with Crippen molar-refractivity contribution in [3.05, 3.63) is 35.4 Å². The predicted octanol–water partition coefficient (Wildman–Crippen LogP) is 3.18. The highest BCUT2D eigenvalue weighted by Gasteiger charge is 2.46. The molecule has 1 aliphatic rings. The quantitative estimate of drug-likeness (QED) is 0.707. The third-order valence-electron chi connectivity index (χ3n) is 2.68. The molecule has 0 amide bonds. The van der Waals surface area contributed by atoms with E-state index in [1.165, 1.54) is 6.07 Å². The predicted molar refractivity (Wildman–Crippen MR) is 47.9 cm³/mol. The molecular weight excluding hydrogens is 184 g/mol. The molecule has 3 heteroatoms. The average molecular weight is 193 g/mol. The lowest BCUT2D eigenvalue weighted by Crippen LogP contribution is -2.07. The average Bonchev–Trinajstić information content (AvgIpc) is 2.98. The fourth-order valence-electron chi connectivity index (χ4n) is 1.69. The van der Waals surface area contributed by atoms with Gasteiger partial charge in [-0.1, -0.05) is 24.3 Å². The molecule has 1 aromatic carbocycles. The molecule has 0 aliphatic heterocycles. The lowest BCUT2D eigenvalue weighted by Gasteiger charge is -2.11. The Hall–Kier alpha value is -1.43. The summed E-state index contributed by atoms with van der Waals surface area (Å²) < 4.78 is 25.2. The minimum atomic E-state index is -2.49. The Balaban J connectivity index is 2.48. The van der Waals surface area contributed by atoms with Crippen molar-refractivity contribution >= 4 is 0 Å². The van der Waals surface area contributed by atoms with E-state index >= 15 is 0 Å². The second kappa shape index (κ2) is 3.06. The summed E-state index contributed by atoms with van der Waals surface area (Å²) in [7, 11) is 0. The Morgan fingerprint density at radius 1 is 1.29 bits per heavy atom. The Bertz CT molecular complexity index is 389. The smallest absolute Gasteiger partial charge is 0.205 e. The van der Waals surface area contributed by atoms with E-state index in [0.29, 0.717) is 18.4 Å². The van der Waals surface area contributed by atoms with Gasteiger partial charge in [0.2, 0.25) is 0 Å². The Morgan fingerprint density at radius 2 is 1.93 bits per heavy atom. The van der Waals surface area contributed by atoms with Gasteiger partial charge in [0.05, 0.1) is 11.5 Å². The Morgan fingerprint density at radius 3 is 2.43 bits per heavy atom. The molecule has 0 spiro atoms. The molecule has 1 nitrogen and oxygen atoms in total. The maximum atomic E-state index is 12.6. The number of halogens is 2. The number of alkyl halides is 2. The number of nitrogens with zero attached hydrogens (tertiary/aromatic N) is 1. The highest BCUT2D eigenvalue weighted by Crippen LogP contribution is 2.49. The third-order valence-corrected chi connectivity index (χ3v) is 2.68. The lowest BCUT2D eigenvalue weighted by atomic mass is 9.93. The van der Waals surface area contributed by atoms with Crippen LogP contribution in [0.1, 0.15) is 30.4 Å². The van der Waals surface area contributed by atoms with Crippen molar-refractivity contribution in [2.24, 2.45) is 0 Å². The molecular formula is C11H9F2N. The van der Waals surface area contributed by atoms with Crippen LogP contribution in [0.4, 0.5) is 8.78 Å². The second-order valence-corrected chi connectivity index (χ2v) is 3.58. The zero-order chi connectivity index (χ0) is 10.2. The monoisotopic (exact) mass is 193 g/mol. The zero-order valence-electron chi connectivity index (χ0n) is 7.50. The van der Waals surface area contributed by atoms with Crippen molar-refractivity contribution in [3.8, 4) is 6.07 Å². The summed E-state index contributed by atoms with van der Waals surface area (Å²) in [6.07, 6.45) is -1.09. The van der Waals surface area contributed by atoms with Crippen molar-refractivity contribution in [2.75, 3.05) is 0 Å². The first-order valence-corrected chi connectivity index (χ1v) is 4.48. The van der Waals surface area contributed by atoms with Crippen LogP contribution in [0.15, 0.2) is 24.3 Å². The van der Waals surface area contributed by atoms with Crippen LogP contribution in [0, 0.1) is 11.3 Å². The fourth-order valence-corrected chi connectivity index (χ4v) is 1.69. The van der Waals surface area contributed by atoms with Crippen LogP contribution in [0.3, 0.4) is 0 Å². The van der Waals surface area contributed by atoms with Crippen molar-refractivity contribution < 1.29 is 8.78 Å². The zero-order valence-corrected chi connectivity index (χ0v) is 7.50. The molecule has 1 aliphatic carbocycles. The highest BCUT2D eigenvalue weighted by atomic mass is 19.3. The molecule has 0 saturated heterocycles. The Labute approximate surface area is 81.0 Å². The van der Waals surface area contributed by atoms with Crippen molar-refractivity contribution in [1.29, 1.82) is 5.26 Å². The fraction of sp³-hybridized carbons (Fsp3) is 0.364. The molecule has 0 N–H and O–H groups in total. The molecule has 72 valence electrons. The molecule has 1 aromatic rings. The number of benzene rings is 1. The van der Waals surface area contributed by atoms with Crippen LogP contribution < -0.4 is 0 Å². The van der Waals surface area contributed by atoms with Gasteiger partial charge < -0.3 is 0 Å². The number of rotatable bonds is 2. The van der Waals surface area contributed by atoms with Gasteiger partial charge in [-0.3, -0.25) is 0 Å². The first-order chi connectivity index (χ1) is 6.69. The van der Waals surface area contributed by atoms with Gasteiger partial charge in [0.15, 0.2) is 0 Å². The number of hydrogen-bond donors (Lipinski definition) is 0. The van der Waals surface area contributed by atoms with Crippen LogP contribution in [-0.2, 0) is 5.41 Å². The van der Waals surface area contributed by atoms with Crippen LogP contribution in [0.2, 0.25) is 0 Å². The topological polar surface area (TPSA) is 23.8 Å². The van der Waals surface area contributed by atoms with Crippen molar-refractivity contribution in [3.63, 3.8) is 0 Å². The number of nitriles is 1. The molecule has 1 saturated carbocycles. The maximum absolute atomic E-state index is 12.6. The molecule has 0 unspecified atom stereocenters. The summed E-state index contributed by atoms with van der Waals surface area (Å²) in [5.41, 5.74) is -0.100. The van der Waals surface area contributed by atoms with Gasteiger partial charge in [0.1, 0.15) is 0 Å². The van der Waals surface area contributed by atoms with Crippen molar-refractivity contribution in [2.45, 2.75) is 24.7 Å². The second-order valence-electron chi connectivity index (χ2n) is 3.58. The molecule has 2 rings (SSSR count). The SMILES string of the molecule is N#CC1(c2ccccc2C(F)F)CC1. The largest absolute Gasteiger partial charge is 0.264 e. The van der Waals surface area contributed by atoms with E-state index in [9.17, 15) is 8.78 Å². The summed E-state index contributed by atoms with van der Waals surface area (Å²) in [4.78, 5) is 0. The highest BCUT2D eigenvalue weighted by molar-refractivity contribution is 5.44. The van der Waals surface area contributed by atoms with Crippen LogP contribution >= 0.6 is 0 Å². The Kier molecular flexibility index (Phi) is 1.99. The molecule has 0 radical (unpaired) electrons. The summed E-state index contributed by atoms with van der Waals surface area (Å²) in [5, 5.41) is 8.92. The van der Waals surface area contributed by atoms with Gasteiger partial charge in [0.25, 0.3) is 6.43 Å². The van der Waals surface area contributed by atoms with E-state index in [4.69, 9.17) is 5.26 Å². The molecule has 1 fully saturated rings. The van der Waals surface area contributed by atoms with E-state index in [-0.39, 0.29) is 5.56 Å². The van der Waals surface area contributed by atoms with Gasteiger partial charge in [-0.25, -0.2) is 8.78 Å². The van der Waals surface area contributed by atoms with E-state index in [0.717, 1.165) is 0 Å². The molecule has 0 aromatic heterocycles.